The molecule has 1 atom stereocenters. The van der Waals surface area contributed by atoms with Gasteiger partial charge in [-0.05, 0) is 61.0 Å². The minimum atomic E-state index is -0.112. The highest BCUT2D eigenvalue weighted by Crippen LogP contribution is 2.27. The Hall–Kier alpha value is -3.71. The third-order valence-corrected chi connectivity index (χ3v) is 6.39. The molecule has 34 heavy (non-hydrogen) atoms. The molecule has 1 saturated heterocycles. The number of hydrogen-bond acceptors (Lipinski definition) is 5. The molecule has 2 heterocycles. The minimum Gasteiger partial charge on any atom is -0.381 e. The number of benzene rings is 2. The fourth-order valence-electron chi connectivity index (χ4n) is 4.28. The van der Waals surface area contributed by atoms with Crippen LogP contribution in [0.25, 0.3) is 0 Å². The van der Waals surface area contributed by atoms with E-state index in [1.54, 1.807) is 19.3 Å². The molecule has 0 spiro atoms. The quantitative estimate of drug-likeness (QED) is 0.593. The van der Waals surface area contributed by atoms with E-state index < -0.39 is 0 Å². The first-order chi connectivity index (χ1) is 16.5. The molecule has 0 radical (unpaired) electrons. The van der Waals surface area contributed by atoms with Crippen molar-refractivity contribution in [1.82, 2.24) is 20.1 Å². The maximum atomic E-state index is 13.4. The van der Waals surface area contributed by atoms with Crippen molar-refractivity contribution in [3.8, 4) is 0 Å². The fraction of sp³-hybridized carbons (Fsp3) is 0.296. The second-order valence-electron chi connectivity index (χ2n) is 8.70. The molecule has 7 heteroatoms. The molecule has 1 aliphatic heterocycles. The Morgan fingerprint density at radius 3 is 2.68 bits per heavy atom. The molecule has 7 nitrogen and oxygen atoms in total. The largest absolute Gasteiger partial charge is 0.381 e. The summed E-state index contributed by atoms with van der Waals surface area (Å²) in [5.74, 6) is -0.0933. The van der Waals surface area contributed by atoms with Gasteiger partial charge in [-0.15, -0.1) is 0 Å². The van der Waals surface area contributed by atoms with E-state index in [1.165, 1.54) is 0 Å². The van der Waals surface area contributed by atoms with Gasteiger partial charge in [0.05, 0.1) is 6.04 Å². The lowest BCUT2D eigenvalue weighted by atomic mass is 9.99. The first-order valence-electron chi connectivity index (χ1n) is 11.5. The highest BCUT2D eigenvalue weighted by atomic mass is 16.2. The summed E-state index contributed by atoms with van der Waals surface area (Å²) in [7, 11) is 3.69. The van der Waals surface area contributed by atoms with Crippen LogP contribution in [0.1, 0.15) is 43.4 Å². The molecule has 3 aromatic rings. The number of aromatic nitrogens is 1. The molecule has 176 valence electrons. The van der Waals surface area contributed by atoms with Crippen molar-refractivity contribution < 1.29 is 9.59 Å². The normalized spacial score (nSPS) is 16.2. The maximum Gasteiger partial charge on any atom is 0.254 e. The second kappa shape index (κ2) is 10.5. The summed E-state index contributed by atoms with van der Waals surface area (Å²) in [5, 5.41) is 6.11. The van der Waals surface area contributed by atoms with Gasteiger partial charge in [0.1, 0.15) is 0 Å². The van der Waals surface area contributed by atoms with E-state index in [1.807, 2.05) is 66.6 Å². The third kappa shape index (κ3) is 5.26. The number of nitrogens with zero attached hydrogens (tertiary/aromatic N) is 3. The van der Waals surface area contributed by atoms with Crippen LogP contribution >= 0.6 is 0 Å². The van der Waals surface area contributed by atoms with Crippen LogP contribution in [0, 0.1) is 6.92 Å². The van der Waals surface area contributed by atoms with Crippen molar-refractivity contribution in [3.05, 3.63) is 94.8 Å². The smallest absolute Gasteiger partial charge is 0.254 e. The zero-order valence-electron chi connectivity index (χ0n) is 19.9. The van der Waals surface area contributed by atoms with Crippen LogP contribution in [0.3, 0.4) is 0 Å². The Kier molecular flexibility index (Phi) is 7.23. The summed E-state index contributed by atoms with van der Waals surface area (Å²) in [4.78, 5) is 33.8. The number of piperazine rings is 1. The Labute approximate surface area is 200 Å². The van der Waals surface area contributed by atoms with Crippen molar-refractivity contribution in [2.24, 2.45) is 0 Å². The van der Waals surface area contributed by atoms with Gasteiger partial charge >= 0.3 is 0 Å². The van der Waals surface area contributed by atoms with E-state index in [0.717, 1.165) is 28.9 Å². The highest BCUT2D eigenvalue weighted by Gasteiger charge is 2.29. The Morgan fingerprint density at radius 2 is 1.91 bits per heavy atom. The summed E-state index contributed by atoms with van der Waals surface area (Å²) >= 11 is 0. The van der Waals surface area contributed by atoms with Gasteiger partial charge in [-0.3, -0.25) is 19.5 Å². The van der Waals surface area contributed by atoms with Crippen molar-refractivity contribution in [2.75, 3.05) is 39.0 Å². The number of rotatable bonds is 6. The van der Waals surface area contributed by atoms with Gasteiger partial charge in [0.15, 0.2) is 0 Å². The molecule has 2 amide bonds. The summed E-state index contributed by atoms with van der Waals surface area (Å²) in [6.45, 7) is 4.67. The van der Waals surface area contributed by atoms with Crippen molar-refractivity contribution >= 4 is 17.5 Å². The predicted molar refractivity (Wildman–Crippen MR) is 134 cm³/mol. The zero-order valence-corrected chi connectivity index (χ0v) is 19.9. The summed E-state index contributed by atoms with van der Waals surface area (Å²) in [6.07, 6.45) is 3.59. The number of hydrogen-bond donors (Lipinski definition) is 2. The lowest BCUT2D eigenvalue weighted by molar-refractivity contribution is 0.0545. The summed E-state index contributed by atoms with van der Waals surface area (Å²) < 4.78 is 0. The Bertz CT molecular complexity index is 1160. The van der Waals surface area contributed by atoms with Crippen LogP contribution in [0.5, 0.6) is 0 Å². The molecule has 0 saturated carbocycles. The summed E-state index contributed by atoms with van der Waals surface area (Å²) in [5.41, 5.74) is 5.44. The van der Waals surface area contributed by atoms with E-state index in [2.05, 4.69) is 27.6 Å². The first kappa shape index (κ1) is 23.4. The van der Waals surface area contributed by atoms with Gasteiger partial charge in [-0.2, -0.15) is 0 Å². The maximum absolute atomic E-state index is 13.4. The van der Waals surface area contributed by atoms with E-state index in [9.17, 15) is 9.59 Å². The van der Waals surface area contributed by atoms with Crippen LogP contribution in [0.2, 0.25) is 0 Å². The number of carbonyl (C=O) groups excluding carboxylic acids is 2. The number of anilines is 1. The number of amides is 2. The van der Waals surface area contributed by atoms with E-state index in [-0.39, 0.29) is 17.9 Å². The zero-order chi connectivity index (χ0) is 24.1. The van der Waals surface area contributed by atoms with Gasteiger partial charge < -0.3 is 15.5 Å². The second-order valence-corrected chi connectivity index (χ2v) is 8.70. The molecule has 1 unspecified atom stereocenters. The van der Waals surface area contributed by atoms with E-state index in [0.29, 0.717) is 30.8 Å². The molecular weight excluding hydrogens is 426 g/mol. The van der Waals surface area contributed by atoms with E-state index in [4.69, 9.17) is 0 Å². The molecule has 1 aliphatic rings. The van der Waals surface area contributed by atoms with Crippen LogP contribution in [-0.2, 0) is 6.54 Å². The van der Waals surface area contributed by atoms with Gasteiger partial charge in [-0.25, -0.2) is 0 Å². The monoisotopic (exact) mass is 457 g/mol. The van der Waals surface area contributed by atoms with Crippen molar-refractivity contribution in [3.63, 3.8) is 0 Å². The Balaban J connectivity index is 1.50. The number of aryl methyl sites for hydroxylation is 1. The van der Waals surface area contributed by atoms with Crippen LogP contribution in [0.4, 0.5) is 5.69 Å². The molecule has 1 aromatic heterocycles. The fourth-order valence-corrected chi connectivity index (χ4v) is 4.28. The lowest BCUT2D eigenvalue weighted by Gasteiger charge is -2.40. The van der Waals surface area contributed by atoms with Gasteiger partial charge in [0.25, 0.3) is 11.8 Å². The topological polar surface area (TPSA) is 77.6 Å². The average Bonchev–Trinajstić information content (AvgIpc) is 2.88. The van der Waals surface area contributed by atoms with Gasteiger partial charge in [-0.1, -0.05) is 24.3 Å². The van der Waals surface area contributed by atoms with Gasteiger partial charge in [0, 0.05) is 62.4 Å². The van der Waals surface area contributed by atoms with Crippen LogP contribution in [-0.4, -0.2) is 60.3 Å². The molecule has 2 N–H and O–H groups in total. The van der Waals surface area contributed by atoms with Crippen LogP contribution < -0.4 is 10.6 Å². The minimum absolute atomic E-state index is 0.0185. The lowest BCUT2D eigenvalue weighted by Crippen LogP contribution is -2.49. The number of nitrogens with one attached hydrogen (secondary N) is 2. The molecule has 1 fully saturated rings. The van der Waals surface area contributed by atoms with Gasteiger partial charge in [0.2, 0.25) is 0 Å². The first-order valence-corrected chi connectivity index (χ1v) is 11.5. The molecular formula is C27H31N5O2. The molecule has 0 bridgehead atoms. The molecule has 0 aliphatic carbocycles. The average molecular weight is 458 g/mol. The highest BCUT2D eigenvalue weighted by molar-refractivity contribution is 5.96. The van der Waals surface area contributed by atoms with E-state index >= 15 is 0 Å². The standard InChI is InChI=1S/C27H31N5O2/c1-19-9-10-23(15-24(19)30-17-20-6-5-11-29-16-20)27(34)32-13-12-31(3)25(18-32)21-7-4-8-22(14-21)26(33)28-2/h4-11,14-16,25,30H,12-13,17-18H2,1-3H3,(H,28,33). The predicted octanol–water partition coefficient (Wildman–Crippen LogP) is 3.49. The number of carbonyl (C=O) groups is 2. The molecule has 2 aromatic carbocycles. The number of likely N-dealkylation sites (N-methyl/N-ethyl adjacent to an activating group) is 1. The Morgan fingerprint density at radius 1 is 1.06 bits per heavy atom. The molecule has 4 rings (SSSR count). The SMILES string of the molecule is CNC(=O)c1cccc(C2CN(C(=O)c3ccc(C)c(NCc4cccnc4)c3)CCN2C)c1. The van der Waals surface area contributed by atoms with Crippen molar-refractivity contribution in [1.29, 1.82) is 0 Å². The third-order valence-electron chi connectivity index (χ3n) is 6.39. The number of pyridine rings is 1. The van der Waals surface area contributed by atoms with Crippen molar-refractivity contribution in [2.45, 2.75) is 19.5 Å². The summed E-state index contributed by atoms with van der Waals surface area (Å²) in [6, 6.07) is 17.4. The van der Waals surface area contributed by atoms with Crippen LogP contribution in [0.15, 0.2) is 67.0 Å².